The van der Waals surface area contributed by atoms with Crippen LogP contribution in [0.25, 0.3) is 0 Å². The molecule has 27 heavy (non-hydrogen) atoms. The molecule has 142 valence electrons. The molecule has 1 N–H and O–H groups in total. The summed E-state index contributed by atoms with van der Waals surface area (Å²) in [6, 6.07) is 20.4. The average molecular weight is 378 g/mol. The molecule has 0 fully saturated rings. The summed E-state index contributed by atoms with van der Waals surface area (Å²) in [6.45, 7) is 14.0. The van der Waals surface area contributed by atoms with E-state index in [1.165, 1.54) is 11.1 Å². The first-order valence-corrected chi connectivity index (χ1v) is 12.9. The highest BCUT2D eigenvalue weighted by Crippen LogP contribution is 2.18. The Balaban J connectivity index is 2.40. The van der Waals surface area contributed by atoms with Crippen LogP contribution in [0.5, 0.6) is 0 Å². The van der Waals surface area contributed by atoms with Crippen molar-refractivity contribution in [3.05, 3.63) is 83.9 Å². The molecule has 2 rings (SSSR count). The molecule has 0 amide bonds. The number of rotatable bonds is 7. The third-order valence-corrected chi connectivity index (χ3v) is 5.14. The summed E-state index contributed by atoms with van der Waals surface area (Å²) in [6.07, 6.45) is -0.679. The monoisotopic (exact) mass is 377 g/mol. The fourth-order valence-corrected chi connectivity index (χ4v) is 3.40. The maximum absolute atomic E-state index is 10.9. The van der Waals surface area contributed by atoms with Gasteiger partial charge < -0.3 is 5.11 Å². The molecule has 0 saturated heterocycles. The largest absolute Gasteiger partial charge is 0.386 e. The van der Waals surface area contributed by atoms with Crippen LogP contribution in [0, 0.1) is 11.5 Å². The van der Waals surface area contributed by atoms with Crippen molar-refractivity contribution in [1.82, 2.24) is 4.90 Å². The van der Waals surface area contributed by atoms with Crippen molar-refractivity contribution in [2.24, 2.45) is 0 Å². The number of hydrogen-bond donors (Lipinski definition) is 1. The summed E-state index contributed by atoms with van der Waals surface area (Å²) in [5.74, 6) is 3.41. The fourth-order valence-electron chi connectivity index (χ4n) is 2.82. The summed E-state index contributed by atoms with van der Waals surface area (Å²) in [5, 5.41) is 10.9. The van der Waals surface area contributed by atoms with Gasteiger partial charge in [-0.15, -0.1) is 5.54 Å². The minimum atomic E-state index is -1.56. The second-order valence-corrected chi connectivity index (χ2v) is 12.9. The third-order valence-electron chi connectivity index (χ3n) is 4.25. The summed E-state index contributed by atoms with van der Waals surface area (Å²) in [7, 11) is -1.56. The second kappa shape index (κ2) is 9.71. The summed E-state index contributed by atoms with van der Waals surface area (Å²) >= 11 is 0. The molecular formula is C24H31NOSi. The van der Waals surface area contributed by atoms with Crippen molar-refractivity contribution in [1.29, 1.82) is 0 Å². The molecule has 0 aliphatic carbocycles. The molecule has 3 heteroatoms. The Morgan fingerprint density at radius 2 is 1.41 bits per heavy atom. The molecule has 0 saturated carbocycles. The van der Waals surface area contributed by atoms with E-state index in [-0.39, 0.29) is 6.04 Å². The van der Waals surface area contributed by atoms with Crippen LogP contribution in [0.2, 0.25) is 19.6 Å². The molecule has 0 unspecified atom stereocenters. The standard InChI is InChI=1S/C24H31NOSi/c1-20(2)24(26)23(16-17-27(3,4)5)25(18-21-12-8-6-9-13-21)19-22-14-10-7-11-15-22/h6-15,23-24,26H,1,18-19H2,2-5H3/t23-,24-/m1/s1. The van der Waals surface area contributed by atoms with E-state index >= 15 is 0 Å². The zero-order chi connectivity index (χ0) is 19.9. The normalized spacial score (nSPS) is 13.6. The van der Waals surface area contributed by atoms with Gasteiger partial charge in [-0.1, -0.05) is 92.8 Å². The van der Waals surface area contributed by atoms with Crippen LogP contribution in [0.3, 0.4) is 0 Å². The van der Waals surface area contributed by atoms with E-state index in [0.717, 1.165) is 18.7 Å². The van der Waals surface area contributed by atoms with Crippen LogP contribution in [0.4, 0.5) is 0 Å². The van der Waals surface area contributed by atoms with Crippen molar-refractivity contribution in [2.45, 2.75) is 51.8 Å². The lowest BCUT2D eigenvalue weighted by molar-refractivity contribution is 0.0926. The predicted molar refractivity (Wildman–Crippen MR) is 118 cm³/mol. The van der Waals surface area contributed by atoms with Crippen molar-refractivity contribution in [3.63, 3.8) is 0 Å². The molecule has 0 heterocycles. The predicted octanol–water partition coefficient (Wildman–Crippen LogP) is 4.88. The first-order chi connectivity index (χ1) is 12.8. The van der Waals surface area contributed by atoms with Gasteiger partial charge in [-0.05, 0) is 23.6 Å². The van der Waals surface area contributed by atoms with Gasteiger partial charge >= 0.3 is 0 Å². The van der Waals surface area contributed by atoms with Gasteiger partial charge in [0.2, 0.25) is 0 Å². The molecule has 0 bridgehead atoms. The Morgan fingerprint density at radius 1 is 0.963 bits per heavy atom. The van der Waals surface area contributed by atoms with E-state index in [0.29, 0.717) is 0 Å². The van der Waals surface area contributed by atoms with Gasteiger partial charge in [-0.25, -0.2) is 0 Å². The molecule has 2 nitrogen and oxygen atoms in total. The minimum absolute atomic E-state index is 0.283. The van der Waals surface area contributed by atoms with Crippen LogP contribution in [0.15, 0.2) is 72.8 Å². The van der Waals surface area contributed by atoms with Crippen LogP contribution in [-0.2, 0) is 13.1 Å². The van der Waals surface area contributed by atoms with E-state index in [1.807, 2.05) is 43.3 Å². The van der Waals surface area contributed by atoms with Gasteiger partial charge in [0.1, 0.15) is 20.2 Å². The summed E-state index contributed by atoms with van der Waals surface area (Å²) in [4.78, 5) is 2.26. The van der Waals surface area contributed by atoms with Crippen LogP contribution in [-0.4, -0.2) is 30.2 Å². The van der Waals surface area contributed by atoms with Gasteiger partial charge in [0.15, 0.2) is 0 Å². The average Bonchev–Trinajstić information content (AvgIpc) is 2.62. The number of nitrogens with zero attached hydrogens (tertiary/aromatic N) is 1. The number of aliphatic hydroxyl groups is 1. The highest BCUT2D eigenvalue weighted by atomic mass is 28.3. The highest BCUT2D eigenvalue weighted by molar-refractivity contribution is 6.83. The van der Waals surface area contributed by atoms with Gasteiger partial charge in [0.25, 0.3) is 0 Å². The molecular weight excluding hydrogens is 346 g/mol. The molecule has 0 radical (unpaired) electrons. The molecule has 0 aliphatic heterocycles. The highest BCUT2D eigenvalue weighted by Gasteiger charge is 2.26. The summed E-state index contributed by atoms with van der Waals surface area (Å²) in [5.41, 5.74) is 6.62. The van der Waals surface area contributed by atoms with Crippen LogP contribution < -0.4 is 0 Å². The fraction of sp³-hybridized carbons (Fsp3) is 0.333. The molecule has 2 aromatic rings. The number of aliphatic hydroxyl groups excluding tert-OH is 1. The number of hydrogen-bond acceptors (Lipinski definition) is 2. The molecule has 2 atom stereocenters. The first kappa shape index (κ1) is 21.2. The van der Waals surface area contributed by atoms with E-state index in [4.69, 9.17) is 0 Å². The Bertz CT molecular complexity index is 742. The second-order valence-electron chi connectivity index (χ2n) is 8.13. The first-order valence-electron chi connectivity index (χ1n) is 9.44. The molecule has 2 aromatic carbocycles. The molecule has 0 aromatic heterocycles. The van der Waals surface area contributed by atoms with E-state index < -0.39 is 14.2 Å². The lowest BCUT2D eigenvalue weighted by Gasteiger charge is -2.32. The van der Waals surface area contributed by atoms with Gasteiger partial charge in [0.05, 0.1) is 0 Å². The Labute approximate surface area is 165 Å². The van der Waals surface area contributed by atoms with Gasteiger partial charge in [-0.3, -0.25) is 4.90 Å². The topological polar surface area (TPSA) is 23.5 Å². The van der Waals surface area contributed by atoms with E-state index in [1.54, 1.807) is 0 Å². The van der Waals surface area contributed by atoms with Crippen molar-refractivity contribution in [2.75, 3.05) is 0 Å². The molecule has 0 spiro atoms. The van der Waals surface area contributed by atoms with Gasteiger partial charge in [0, 0.05) is 13.1 Å². The quantitative estimate of drug-likeness (QED) is 0.422. The van der Waals surface area contributed by atoms with Crippen molar-refractivity contribution >= 4 is 8.07 Å². The zero-order valence-electron chi connectivity index (χ0n) is 16.9. The number of benzene rings is 2. The van der Waals surface area contributed by atoms with E-state index in [9.17, 15) is 5.11 Å². The Hall–Kier alpha value is -2.12. The minimum Gasteiger partial charge on any atom is -0.386 e. The third kappa shape index (κ3) is 7.19. The molecule has 0 aliphatic rings. The SMILES string of the molecule is C=C(C)[C@@H](O)[C@@H](C#C[Si](C)(C)C)N(Cc1ccccc1)Cc1ccccc1. The van der Waals surface area contributed by atoms with Crippen molar-refractivity contribution in [3.8, 4) is 11.5 Å². The zero-order valence-corrected chi connectivity index (χ0v) is 17.9. The maximum Gasteiger partial charge on any atom is 0.129 e. The van der Waals surface area contributed by atoms with Crippen LogP contribution >= 0.6 is 0 Å². The lowest BCUT2D eigenvalue weighted by Crippen LogP contribution is -2.43. The lowest BCUT2D eigenvalue weighted by atomic mass is 10.0. The Morgan fingerprint density at radius 3 is 1.78 bits per heavy atom. The maximum atomic E-state index is 10.9. The smallest absolute Gasteiger partial charge is 0.129 e. The van der Waals surface area contributed by atoms with Crippen LogP contribution in [0.1, 0.15) is 18.1 Å². The van der Waals surface area contributed by atoms with Crippen molar-refractivity contribution < 1.29 is 5.11 Å². The Kier molecular flexibility index (Phi) is 7.62. The van der Waals surface area contributed by atoms with Gasteiger partial charge in [-0.2, -0.15) is 0 Å². The summed E-state index contributed by atoms with van der Waals surface area (Å²) < 4.78 is 0. The van der Waals surface area contributed by atoms with E-state index in [2.05, 4.69) is 66.8 Å².